The Morgan fingerprint density at radius 1 is 1.42 bits per heavy atom. The maximum absolute atomic E-state index is 12.2. The van der Waals surface area contributed by atoms with E-state index in [1.54, 1.807) is 24.4 Å². The largest absolute Gasteiger partial charge is 0.390 e. The number of aliphatic hydroxyl groups is 1. The fraction of sp³-hybridized carbons (Fsp3) is 0.526. The van der Waals surface area contributed by atoms with Gasteiger partial charge in [0.25, 0.3) is 5.91 Å². The maximum Gasteiger partial charge on any atom is 0.270 e. The Kier molecular flexibility index (Phi) is 6.35. The highest BCUT2D eigenvalue weighted by molar-refractivity contribution is 5.92. The minimum absolute atomic E-state index is 0.239. The van der Waals surface area contributed by atoms with E-state index < -0.39 is 6.10 Å². The molecule has 2 aromatic heterocycles. The normalized spacial score (nSPS) is 20.8. The van der Waals surface area contributed by atoms with Gasteiger partial charge in [-0.05, 0) is 25.0 Å². The summed E-state index contributed by atoms with van der Waals surface area (Å²) in [5, 5.41) is 13.3. The minimum atomic E-state index is -0.598. The molecule has 0 aromatic carbocycles. The van der Waals surface area contributed by atoms with Crippen LogP contribution >= 0.6 is 0 Å². The summed E-state index contributed by atoms with van der Waals surface area (Å²) in [5.74, 6) is 0.789. The van der Waals surface area contributed by atoms with Crippen LogP contribution < -0.4 is 5.32 Å². The van der Waals surface area contributed by atoms with Crippen LogP contribution in [0.4, 0.5) is 0 Å². The number of pyridine rings is 1. The monoisotopic (exact) mass is 357 g/mol. The van der Waals surface area contributed by atoms with Crippen LogP contribution in [0.5, 0.6) is 0 Å². The third-order valence-corrected chi connectivity index (χ3v) is 4.72. The molecule has 3 heterocycles. The van der Waals surface area contributed by atoms with E-state index in [9.17, 15) is 9.90 Å². The van der Waals surface area contributed by atoms with Gasteiger partial charge in [0.15, 0.2) is 0 Å². The van der Waals surface area contributed by atoms with E-state index in [4.69, 9.17) is 0 Å². The number of hydrogen-bond donors (Lipinski definition) is 3. The zero-order valence-corrected chi connectivity index (χ0v) is 15.2. The molecule has 0 spiro atoms. The Labute approximate surface area is 153 Å². The van der Waals surface area contributed by atoms with Gasteiger partial charge in [-0.2, -0.15) is 0 Å². The molecule has 1 aliphatic rings. The maximum atomic E-state index is 12.2. The van der Waals surface area contributed by atoms with E-state index in [1.165, 1.54) is 0 Å². The number of likely N-dealkylation sites (tertiary alicyclic amines) is 1. The third-order valence-electron chi connectivity index (χ3n) is 4.72. The number of piperidine rings is 1. The molecule has 1 aliphatic heterocycles. The predicted octanol–water partition coefficient (Wildman–Crippen LogP) is 1.51. The molecule has 0 saturated carbocycles. The van der Waals surface area contributed by atoms with Crippen molar-refractivity contribution in [1.29, 1.82) is 0 Å². The number of aliphatic hydroxyl groups excluding tert-OH is 1. The number of imidazole rings is 1. The number of unbranched alkanes of at least 4 members (excludes halogenated alkanes) is 1. The van der Waals surface area contributed by atoms with Crippen LogP contribution in [0.2, 0.25) is 0 Å². The Bertz CT molecular complexity index is 703. The summed E-state index contributed by atoms with van der Waals surface area (Å²) >= 11 is 0. The van der Waals surface area contributed by atoms with Crippen molar-refractivity contribution in [3.8, 4) is 0 Å². The van der Waals surface area contributed by atoms with Crippen molar-refractivity contribution in [1.82, 2.24) is 25.2 Å². The van der Waals surface area contributed by atoms with Gasteiger partial charge in [0.2, 0.25) is 0 Å². The van der Waals surface area contributed by atoms with Gasteiger partial charge < -0.3 is 15.4 Å². The molecule has 2 atom stereocenters. The van der Waals surface area contributed by atoms with Gasteiger partial charge in [-0.25, -0.2) is 4.98 Å². The van der Waals surface area contributed by atoms with Gasteiger partial charge in [-0.15, -0.1) is 0 Å². The minimum Gasteiger partial charge on any atom is -0.390 e. The predicted molar refractivity (Wildman–Crippen MR) is 98.6 cm³/mol. The second-order valence-electron chi connectivity index (χ2n) is 6.84. The van der Waals surface area contributed by atoms with E-state index in [0.717, 1.165) is 43.9 Å². The molecule has 0 radical (unpaired) electrons. The van der Waals surface area contributed by atoms with E-state index >= 15 is 0 Å². The van der Waals surface area contributed by atoms with Crippen molar-refractivity contribution >= 4 is 5.91 Å². The van der Waals surface area contributed by atoms with Crippen LogP contribution in [-0.2, 0) is 13.0 Å². The van der Waals surface area contributed by atoms with Gasteiger partial charge in [-0.1, -0.05) is 19.4 Å². The average Bonchev–Trinajstić information content (AvgIpc) is 3.10. The molecular formula is C19H27N5O2. The smallest absolute Gasteiger partial charge is 0.270 e. The van der Waals surface area contributed by atoms with E-state index in [0.29, 0.717) is 18.7 Å². The van der Waals surface area contributed by atoms with Crippen molar-refractivity contribution in [3.05, 3.63) is 47.8 Å². The first-order valence-corrected chi connectivity index (χ1v) is 9.30. The molecule has 1 fully saturated rings. The molecular weight excluding hydrogens is 330 g/mol. The van der Waals surface area contributed by atoms with Crippen LogP contribution in [0.25, 0.3) is 0 Å². The zero-order valence-electron chi connectivity index (χ0n) is 15.2. The molecule has 0 unspecified atom stereocenters. The van der Waals surface area contributed by atoms with Crippen molar-refractivity contribution < 1.29 is 9.90 Å². The Balaban J connectivity index is 1.49. The molecule has 2 aromatic rings. The number of aryl methyl sites for hydroxylation is 1. The summed E-state index contributed by atoms with van der Waals surface area (Å²) in [6, 6.07) is 4.97. The van der Waals surface area contributed by atoms with E-state index in [-0.39, 0.29) is 11.9 Å². The first kappa shape index (κ1) is 18.5. The summed E-state index contributed by atoms with van der Waals surface area (Å²) in [4.78, 5) is 26.2. The summed E-state index contributed by atoms with van der Waals surface area (Å²) < 4.78 is 0. The van der Waals surface area contributed by atoms with Crippen molar-refractivity contribution in [2.45, 2.75) is 51.3 Å². The van der Waals surface area contributed by atoms with Crippen LogP contribution in [0.15, 0.2) is 30.6 Å². The molecule has 1 saturated heterocycles. The van der Waals surface area contributed by atoms with E-state index in [1.807, 2.05) is 6.20 Å². The average molecular weight is 357 g/mol. The van der Waals surface area contributed by atoms with Gasteiger partial charge >= 0.3 is 0 Å². The number of H-pyrrole nitrogens is 1. The van der Waals surface area contributed by atoms with Gasteiger partial charge in [0.1, 0.15) is 11.5 Å². The molecule has 7 nitrogen and oxygen atoms in total. The molecule has 3 rings (SSSR count). The van der Waals surface area contributed by atoms with Gasteiger partial charge in [0, 0.05) is 44.1 Å². The molecule has 1 amide bonds. The highest BCUT2D eigenvalue weighted by Crippen LogP contribution is 2.15. The Morgan fingerprint density at radius 2 is 2.31 bits per heavy atom. The number of aromatic amines is 1. The molecule has 7 heteroatoms. The number of amides is 1. The SMILES string of the molecule is CCCCc1ncc(CN2CC[C@@H](NC(=O)c3ccccn3)[C@H](O)C2)[nH]1. The summed E-state index contributed by atoms with van der Waals surface area (Å²) in [5.41, 5.74) is 1.44. The van der Waals surface area contributed by atoms with E-state index in [2.05, 4.69) is 32.1 Å². The highest BCUT2D eigenvalue weighted by Gasteiger charge is 2.29. The lowest BCUT2D eigenvalue weighted by atomic mass is 10.0. The van der Waals surface area contributed by atoms with Gasteiger partial charge in [0.05, 0.1) is 12.1 Å². The summed E-state index contributed by atoms with van der Waals surface area (Å²) in [6.07, 6.45) is 6.84. The van der Waals surface area contributed by atoms with Crippen molar-refractivity contribution in [2.24, 2.45) is 0 Å². The molecule has 0 bridgehead atoms. The highest BCUT2D eigenvalue weighted by atomic mass is 16.3. The number of nitrogens with zero attached hydrogens (tertiary/aromatic N) is 3. The topological polar surface area (TPSA) is 94.1 Å². The number of nitrogens with one attached hydrogen (secondary N) is 2. The van der Waals surface area contributed by atoms with Crippen LogP contribution in [0.1, 0.15) is 48.2 Å². The van der Waals surface area contributed by atoms with Crippen LogP contribution in [-0.4, -0.2) is 56.1 Å². The standard InChI is InChI=1S/C19H27N5O2/c1-2-3-7-18-21-11-14(22-18)12-24-10-8-15(17(25)13-24)23-19(26)16-6-4-5-9-20-16/h4-6,9,11,15,17,25H,2-3,7-8,10,12-13H2,1H3,(H,21,22)(H,23,26)/t15-,17-/m1/s1. The lowest BCUT2D eigenvalue weighted by molar-refractivity contribution is 0.0344. The number of rotatable bonds is 7. The third kappa shape index (κ3) is 4.89. The van der Waals surface area contributed by atoms with Crippen LogP contribution in [0.3, 0.4) is 0 Å². The second-order valence-corrected chi connectivity index (χ2v) is 6.84. The molecule has 0 aliphatic carbocycles. The Morgan fingerprint density at radius 3 is 3.04 bits per heavy atom. The number of carbonyl (C=O) groups is 1. The lowest BCUT2D eigenvalue weighted by Crippen LogP contribution is -2.53. The van der Waals surface area contributed by atoms with Crippen molar-refractivity contribution in [2.75, 3.05) is 13.1 Å². The Hall–Kier alpha value is -2.25. The fourth-order valence-corrected chi connectivity index (χ4v) is 3.25. The zero-order chi connectivity index (χ0) is 18.4. The first-order valence-electron chi connectivity index (χ1n) is 9.30. The molecule has 26 heavy (non-hydrogen) atoms. The summed E-state index contributed by atoms with van der Waals surface area (Å²) in [6.45, 7) is 4.24. The number of carbonyl (C=O) groups excluding carboxylic acids is 1. The fourth-order valence-electron chi connectivity index (χ4n) is 3.25. The quantitative estimate of drug-likeness (QED) is 0.698. The number of hydrogen-bond acceptors (Lipinski definition) is 5. The van der Waals surface area contributed by atoms with Gasteiger partial charge in [-0.3, -0.25) is 14.7 Å². The molecule has 140 valence electrons. The first-order chi connectivity index (χ1) is 12.7. The second kappa shape index (κ2) is 8.91. The number of aromatic nitrogens is 3. The summed E-state index contributed by atoms with van der Waals surface area (Å²) in [7, 11) is 0. The molecule has 3 N–H and O–H groups in total. The van der Waals surface area contributed by atoms with Crippen molar-refractivity contribution in [3.63, 3.8) is 0 Å². The van der Waals surface area contributed by atoms with Crippen LogP contribution in [0, 0.1) is 0 Å². The lowest BCUT2D eigenvalue weighted by Gasteiger charge is -2.35. The number of β-amino-alcohol motifs (C(OH)–C–C–N with tert-alkyl or cyclic N) is 1.